The van der Waals surface area contributed by atoms with Crippen LogP contribution in [0.3, 0.4) is 0 Å². The van der Waals surface area contributed by atoms with Crippen LogP contribution in [0.25, 0.3) is 22.6 Å². The zero-order chi connectivity index (χ0) is 13.4. The van der Waals surface area contributed by atoms with E-state index in [1.54, 1.807) is 18.2 Å². The van der Waals surface area contributed by atoms with Gasteiger partial charge in [0.05, 0.1) is 13.7 Å². The fraction of sp³-hybridized carbons (Fsp3) is 0.143. The standard InChI is InChI=1S/C14H11NO4/c1-18-12-5-9(17)6-13-14(12)15-10-4-8(7-16)2-3-11(10)19-13/h2-6,16H,7H2,1H3. The van der Waals surface area contributed by atoms with E-state index in [9.17, 15) is 4.79 Å². The molecule has 0 saturated heterocycles. The average molecular weight is 257 g/mol. The molecule has 0 amide bonds. The molecule has 5 heteroatoms. The van der Waals surface area contributed by atoms with Crippen molar-refractivity contribution in [2.24, 2.45) is 0 Å². The molecule has 0 aromatic heterocycles. The van der Waals surface area contributed by atoms with Crippen molar-refractivity contribution in [1.29, 1.82) is 0 Å². The van der Waals surface area contributed by atoms with Crippen LogP contribution in [-0.2, 0) is 6.61 Å². The Balaban J connectivity index is 2.38. The van der Waals surface area contributed by atoms with Gasteiger partial charge in [-0.3, -0.25) is 4.79 Å². The molecule has 0 atom stereocenters. The largest absolute Gasteiger partial charge is 0.494 e. The second-order valence-corrected chi connectivity index (χ2v) is 4.15. The summed E-state index contributed by atoms with van der Waals surface area (Å²) < 4.78 is 10.8. The molecule has 0 unspecified atom stereocenters. The number of fused-ring (bicyclic) bond motifs is 2. The minimum atomic E-state index is -0.193. The SMILES string of the molecule is COc1cc(=O)cc2oc3ccc(CO)cc3nc1-2. The van der Waals surface area contributed by atoms with Crippen LogP contribution in [0.1, 0.15) is 5.56 Å². The molecule has 1 aromatic rings. The van der Waals surface area contributed by atoms with E-state index >= 15 is 0 Å². The van der Waals surface area contributed by atoms with Crippen molar-refractivity contribution in [2.75, 3.05) is 7.11 Å². The third-order valence-electron chi connectivity index (χ3n) is 2.89. The van der Waals surface area contributed by atoms with Gasteiger partial charge in [-0.1, -0.05) is 6.07 Å². The highest BCUT2D eigenvalue weighted by Crippen LogP contribution is 2.31. The van der Waals surface area contributed by atoms with Crippen molar-refractivity contribution in [1.82, 2.24) is 4.98 Å². The van der Waals surface area contributed by atoms with Gasteiger partial charge in [-0.05, 0) is 17.7 Å². The number of aliphatic hydroxyl groups excluding tert-OH is 1. The predicted molar refractivity (Wildman–Crippen MR) is 69.4 cm³/mol. The Morgan fingerprint density at radius 2 is 2.16 bits per heavy atom. The highest BCUT2D eigenvalue weighted by molar-refractivity contribution is 5.78. The second-order valence-electron chi connectivity index (χ2n) is 4.15. The highest BCUT2D eigenvalue weighted by Gasteiger charge is 2.15. The number of benzene rings is 2. The van der Waals surface area contributed by atoms with Crippen molar-refractivity contribution in [3.63, 3.8) is 0 Å². The second kappa shape index (κ2) is 4.37. The first-order valence-corrected chi connectivity index (χ1v) is 5.73. The summed E-state index contributed by atoms with van der Waals surface area (Å²) in [6.07, 6.45) is 0. The van der Waals surface area contributed by atoms with Gasteiger partial charge in [0.25, 0.3) is 0 Å². The molecule has 2 aliphatic rings. The number of hydrogen-bond donors (Lipinski definition) is 1. The Morgan fingerprint density at radius 3 is 2.89 bits per heavy atom. The molecule has 1 aromatic carbocycles. The van der Waals surface area contributed by atoms with Gasteiger partial charge in [0.15, 0.2) is 22.5 Å². The number of rotatable bonds is 2. The Labute approximate surface area is 108 Å². The summed E-state index contributed by atoms with van der Waals surface area (Å²) in [4.78, 5) is 15.9. The van der Waals surface area contributed by atoms with Crippen LogP contribution >= 0.6 is 0 Å². The smallest absolute Gasteiger partial charge is 0.186 e. The van der Waals surface area contributed by atoms with Crippen molar-refractivity contribution in [2.45, 2.75) is 6.61 Å². The van der Waals surface area contributed by atoms with Gasteiger partial charge in [-0.15, -0.1) is 0 Å². The molecule has 96 valence electrons. The van der Waals surface area contributed by atoms with Crippen LogP contribution in [0.4, 0.5) is 0 Å². The number of hydrogen-bond acceptors (Lipinski definition) is 5. The first-order chi connectivity index (χ1) is 9.21. The third kappa shape index (κ3) is 1.94. The Kier molecular flexibility index (Phi) is 2.68. The van der Waals surface area contributed by atoms with Gasteiger partial charge in [-0.25, -0.2) is 4.98 Å². The molecule has 0 fully saturated rings. The van der Waals surface area contributed by atoms with Crippen LogP contribution in [0, 0.1) is 0 Å². The Morgan fingerprint density at radius 1 is 1.32 bits per heavy atom. The van der Waals surface area contributed by atoms with Gasteiger partial charge in [-0.2, -0.15) is 0 Å². The fourth-order valence-electron chi connectivity index (χ4n) is 1.98. The topological polar surface area (TPSA) is 72.6 Å². The van der Waals surface area contributed by atoms with Crippen molar-refractivity contribution in [3.8, 4) is 17.2 Å². The molecule has 1 N–H and O–H groups in total. The van der Waals surface area contributed by atoms with E-state index in [4.69, 9.17) is 14.3 Å². The molecule has 0 saturated carbocycles. The summed E-state index contributed by atoms with van der Waals surface area (Å²) in [5.74, 6) is 0.760. The molecule has 3 rings (SSSR count). The van der Waals surface area contributed by atoms with E-state index in [1.165, 1.54) is 19.2 Å². The summed E-state index contributed by atoms with van der Waals surface area (Å²) >= 11 is 0. The number of aliphatic hydroxyl groups is 1. The molecule has 1 aliphatic heterocycles. The maximum atomic E-state index is 11.5. The lowest BCUT2D eigenvalue weighted by atomic mass is 10.1. The summed E-state index contributed by atoms with van der Waals surface area (Å²) in [7, 11) is 1.48. The maximum Gasteiger partial charge on any atom is 0.186 e. The Bertz CT molecular complexity index is 778. The van der Waals surface area contributed by atoms with E-state index in [-0.39, 0.29) is 12.0 Å². The number of nitrogens with zero attached hydrogens (tertiary/aromatic N) is 1. The van der Waals surface area contributed by atoms with Crippen LogP contribution < -0.4 is 10.2 Å². The lowest BCUT2D eigenvalue weighted by Gasteiger charge is -2.10. The maximum absolute atomic E-state index is 11.5. The van der Waals surface area contributed by atoms with Crippen molar-refractivity contribution in [3.05, 3.63) is 46.1 Å². The van der Waals surface area contributed by atoms with Gasteiger partial charge in [0.1, 0.15) is 11.2 Å². The molecular formula is C14H11NO4. The summed E-state index contributed by atoms with van der Waals surface area (Å²) in [5, 5.41) is 9.12. The molecule has 0 bridgehead atoms. The molecule has 19 heavy (non-hydrogen) atoms. The number of methoxy groups -OCH3 is 1. The lowest BCUT2D eigenvalue weighted by Crippen LogP contribution is -2.03. The summed E-state index contributed by atoms with van der Waals surface area (Å²) in [6, 6.07) is 7.95. The van der Waals surface area contributed by atoms with E-state index in [2.05, 4.69) is 4.98 Å². The molecule has 0 radical (unpaired) electrons. The van der Waals surface area contributed by atoms with Crippen LogP contribution in [0.15, 0.2) is 39.5 Å². The summed E-state index contributed by atoms with van der Waals surface area (Å²) in [5.41, 5.74) is 2.20. The molecule has 5 nitrogen and oxygen atoms in total. The van der Waals surface area contributed by atoms with E-state index in [0.717, 1.165) is 5.56 Å². The quantitative estimate of drug-likeness (QED) is 0.708. The zero-order valence-corrected chi connectivity index (χ0v) is 10.2. The van der Waals surface area contributed by atoms with Gasteiger partial charge in [0.2, 0.25) is 0 Å². The van der Waals surface area contributed by atoms with E-state index in [0.29, 0.717) is 28.3 Å². The normalized spacial score (nSPS) is 11.1. The van der Waals surface area contributed by atoms with E-state index < -0.39 is 0 Å². The predicted octanol–water partition coefficient (Wildman–Crippen LogP) is 1.79. The average Bonchev–Trinajstić information content (AvgIpc) is 2.43. The monoisotopic (exact) mass is 257 g/mol. The first-order valence-electron chi connectivity index (χ1n) is 5.73. The van der Waals surface area contributed by atoms with Crippen molar-refractivity contribution < 1.29 is 14.3 Å². The zero-order valence-electron chi connectivity index (χ0n) is 10.2. The van der Waals surface area contributed by atoms with Crippen molar-refractivity contribution >= 4 is 11.1 Å². The Hall–Kier alpha value is -2.40. The molecule has 1 heterocycles. The minimum Gasteiger partial charge on any atom is -0.494 e. The summed E-state index contributed by atoms with van der Waals surface area (Å²) in [6.45, 7) is -0.0632. The van der Waals surface area contributed by atoms with Crippen LogP contribution in [0.5, 0.6) is 5.75 Å². The first kappa shape index (κ1) is 11.7. The van der Waals surface area contributed by atoms with Crippen LogP contribution in [0.2, 0.25) is 0 Å². The molecule has 1 aliphatic carbocycles. The number of aromatic nitrogens is 1. The van der Waals surface area contributed by atoms with Gasteiger partial charge < -0.3 is 14.3 Å². The molecular weight excluding hydrogens is 246 g/mol. The van der Waals surface area contributed by atoms with Gasteiger partial charge in [0, 0.05) is 12.1 Å². The lowest BCUT2D eigenvalue weighted by molar-refractivity contribution is 0.282. The van der Waals surface area contributed by atoms with Crippen LogP contribution in [-0.4, -0.2) is 17.2 Å². The fourth-order valence-corrected chi connectivity index (χ4v) is 1.98. The minimum absolute atomic E-state index is 0.0632. The van der Waals surface area contributed by atoms with E-state index in [1.807, 2.05) is 0 Å². The number of ether oxygens (including phenoxy) is 1. The molecule has 0 spiro atoms. The van der Waals surface area contributed by atoms with Gasteiger partial charge >= 0.3 is 0 Å². The highest BCUT2D eigenvalue weighted by atomic mass is 16.5. The third-order valence-corrected chi connectivity index (χ3v) is 2.89.